The van der Waals surface area contributed by atoms with Crippen LogP contribution in [-0.2, 0) is 26.2 Å². The highest BCUT2D eigenvalue weighted by molar-refractivity contribution is 14.1. The van der Waals surface area contributed by atoms with Crippen LogP contribution in [0.1, 0.15) is 51.0 Å². The average molecular weight is 704 g/mol. The fourth-order valence-corrected chi connectivity index (χ4v) is 7.04. The zero-order chi connectivity index (χ0) is 30.1. The van der Waals surface area contributed by atoms with Gasteiger partial charge < -0.3 is 15.0 Å². The lowest BCUT2D eigenvalue weighted by Gasteiger charge is -2.34. The van der Waals surface area contributed by atoms with Crippen molar-refractivity contribution in [1.82, 2.24) is 10.2 Å². The Bertz CT molecular complexity index is 1430. The topological polar surface area (TPSA) is 96.0 Å². The van der Waals surface area contributed by atoms with Crippen LogP contribution >= 0.6 is 22.6 Å². The Morgan fingerprint density at radius 2 is 1.60 bits per heavy atom. The molecule has 0 bridgehead atoms. The molecule has 3 aromatic carbocycles. The van der Waals surface area contributed by atoms with Gasteiger partial charge in [-0.2, -0.15) is 0 Å². The quantitative estimate of drug-likeness (QED) is 0.243. The number of anilines is 1. The van der Waals surface area contributed by atoms with E-state index in [9.17, 15) is 18.0 Å². The van der Waals surface area contributed by atoms with Crippen LogP contribution in [0.15, 0.2) is 83.8 Å². The van der Waals surface area contributed by atoms with Crippen molar-refractivity contribution >= 4 is 50.1 Å². The molecular formula is C32H38IN3O5S. The molecule has 3 aromatic rings. The number of rotatable bonds is 12. The molecule has 0 heterocycles. The van der Waals surface area contributed by atoms with Gasteiger partial charge in [-0.25, -0.2) is 8.42 Å². The summed E-state index contributed by atoms with van der Waals surface area (Å²) < 4.78 is 35.2. The third-order valence-electron chi connectivity index (χ3n) is 7.57. The maximum atomic E-state index is 14.2. The molecule has 42 heavy (non-hydrogen) atoms. The summed E-state index contributed by atoms with van der Waals surface area (Å²) in [5.41, 5.74) is 1.18. The minimum Gasteiger partial charge on any atom is -0.497 e. The fourth-order valence-electron chi connectivity index (χ4n) is 5.25. The molecule has 224 valence electrons. The highest BCUT2D eigenvalue weighted by Crippen LogP contribution is 2.26. The van der Waals surface area contributed by atoms with Gasteiger partial charge in [-0.05, 0) is 95.9 Å². The molecular weight excluding hydrogens is 665 g/mol. The maximum absolute atomic E-state index is 14.2. The Hall–Kier alpha value is -3.12. The molecule has 0 unspecified atom stereocenters. The summed E-state index contributed by atoms with van der Waals surface area (Å²) in [6, 6.07) is 21.7. The zero-order valence-electron chi connectivity index (χ0n) is 24.0. The number of carbonyl (C=O) groups is 2. The number of methoxy groups -OCH3 is 1. The standard InChI is InChI=1S/C32H38IN3O5S/c1-3-30(32(38)34-26-10-6-4-7-11-26)35(22-24-14-20-28(41-2)21-15-24)31(37)23-36(27-18-16-25(33)17-19-27)42(39,40)29-12-8-5-9-13-29/h5,8-9,12-21,26,30H,3-4,6-7,10-11,22-23H2,1-2H3,(H,34,38)/t30-/m0/s1. The Morgan fingerprint density at radius 3 is 2.19 bits per heavy atom. The number of nitrogens with zero attached hydrogens (tertiary/aromatic N) is 2. The van der Waals surface area contributed by atoms with Gasteiger partial charge in [0.2, 0.25) is 11.8 Å². The number of carbonyl (C=O) groups excluding carboxylic acids is 2. The lowest BCUT2D eigenvalue weighted by Crippen LogP contribution is -2.54. The van der Waals surface area contributed by atoms with Crippen LogP contribution in [0.4, 0.5) is 5.69 Å². The first kappa shape index (κ1) is 31.8. The second-order valence-corrected chi connectivity index (χ2v) is 13.5. The van der Waals surface area contributed by atoms with E-state index in [2.05, 4.69) is 27.9 Å². The first-order valence-corrected chi connectivity index (χ1v) is 16.8. The molecule has 1 N–H and O–H groups in total. The number of benzene rings is 3. The van der Waals surface area contributed by atoms with E-state index in [4.69, 9.17) is 4.74 Å². The molecule has 1 atom stereocenters. The first-order chi connectivity index (χ1) is 20.2. The van der Waals surface area contributed by atoms with Crippen molar-refractivity contribution in [3.63, 3.8) is 0 Å². The van der Waals surface area contributed by atoms with Crippen molar-refractivity contribution in [2.24, 2.45) is 0 Å². The van der Waals surface area contributed by atoms with Crippen LogP contribution in [0.3, 0.4) is 0 Å². The van der Waals surface area contributed by atoms with Crippen LogP contribution in [0.5, 0.6) is 5.75 Å². The summed E-state index contributed by atoms with van der Waals surface area (Å²) in [6.07, 6.45) is 5.53. The monoisotopic (exact) mass is 703 g/mol. The van der Waals surface area contributed by atoms with Gasteiger partial charge >= 0.3 is 0 Å². The summed E-state index contributed by atoms with van der Waals surface area (Å²) in [4.78, 5) is 29.4. The predicted octanol–water partition coefficient (Wildman–Crippen LogP) is 5.75. The summed E-state index contributed by atoms with van der Waals surface area (Å²) in [5.74, 6) is 0.00469. The second kappa shape index (κ2) is 14.9. The van der Waals surface area contributed by atoms with E-state index in [1.165, 1.54) is 17.0 Å². The molecule has 0 spiro atoms. The number of ether oxygens (including phenoxy) is 1. The summed E-state index contributed by atoms with van der Waals surface area (Å²) in [7, 11) is -2.50. The molecule has 4 rings (SSSR count). The Balaban J connectivity index is 1.69. The predicted molar refractivity (Wildman–Crippen MR) is 173 cm³/mol. The number of nitrogens with one attached hydrogen (secondary N) is 1. The Morgan fingerprint density at radius 1 is 0.952 bits per heavy atom. The highest BCUT2D eigenvalue weighted by Gasteiger charge is 2.34. The molecule has 0 aliphatic heterocycles. The zero-order valence-corrected chi connectivity index (χ0v) is 27.0. The molecule has 1 aliphatic carbocycles. The second-order valence-electron chi connectivity index (χ2n) is 10.4. The van der Waals surface area contributed by atoms with Gasteiger partial charge in [0.1, 0.15) is 18.3 Å². The summed E-state index contributed by atoms with van der Waals surface area (Å²) >= 11 is 2.15. The highest BCUT2D eigenvalue weighted by atomic mass is 127. The number of hydrogen-bond donors (Lipinski definition) is 1. The molecule has 0 radical (unpaired) electrons. The number of hydrogen-bond acceptors (Lipinski definition) is 5. The third-order valence-corrected chi connectivity index (χ3v) is 10.1. The molecule has 8 nitrogen and oxygen atoms in total. The van der Waals surface area contributed by atoms with E-state index in [1.54, 1.807) is 61.7 Å². The Kier molecular flexibility index (Phi) is 11.3. The first-order valence-electron chi connectivity index (χ1n) is 14.3. The van der Waals surface area contributed by atoms with Crippen LogP contribution in [0, 0.1) is 3.57 Å². The molecule has 1 fully saturated rings. The van der Waals surface area contributed by atoms with Crippen LogP contribution in [0.25, 0.3) is 0 Å². The van der Waals surface area contributed by atoms with Crippen LogP contribution in [0.2, 0.25) is 0 Å². The van der Waals surface area contributed by atoms with Crippen molar-refractivity contribution < 1.29 is 22.7 Å². The van der Waals surface area contributed by atoms with E-state index in [0.717, 1.165) is 45.5 Å². The molecule has 1 aliphatic rings. The minimum atomic E-state index is -4.09. The number of halogens is 1. The lowest BCUT2D eigenvalue weighted by atomic mass is 9.95. The summed E-state index contributed by atoms with van der Waals surface area (Å²) in [6.45, 7) is 1.56. The molecule has 1 saturated carbocycles. The maximum Gasteiger partial charge on any atom is 0.264 e. The minimum absolute atomic E-state index is 0.0833. The lowest BCUT2D eigenvalue weighted by molar-refractivity contribution is -0.140. The van der Waals surface area contributed by atoms with Gasteiger partial charge in [-0.1, -0.05) is 56.5 Å². The molecule has 0 saturated heterocycles. The van der Waals surface area contributed by atoms with E-state index < -0.39 is 28.5 Å². The van der Waals surface area contributed by atoms with Gasteiger partial charge in [0.05, 0.1) is 17.7 Å². The number of sulfonamides is 1. The van der Waals surface area contributed by atoms with E-state index in [1.807, 2.05) is 19.1 Å². The largest absolute Gasteiger partial charge is 0.497 e. The number of amides is 2. The molecule has 2 amide bonds. The van der Waals surface area contributed by atoms with Crippen LogP contribution < -0.4 is 14.4 Å². The van der Waals surface area contributed by atoms with Crippen LogP contribution in [-0.4, -0.2) is 50.9 Å². The van der Waals surface area contributed by atoms with Gasteiger partial charge in [0, 0.05) is 16.2 Å². The van der Waals surface area contributed by atoms with Gasteiger partial charge in [0.25, 0.3) is 10.0 Å². The van der Waals surface area contributed by atoms with Crippen molar-refractivity contribution in [1.29, 1.82) is 0 Å². The van der Waals surface area contributed by atoms with E-state index in [-0.39, 0.29) is 23.4 Å². The smallest absolute Gasteiger partial charge is 0.264 e. The van der Waals surface area contributed by atoms with E-state index in [0.29, 0.717) is 17.9 Å². The third kappa shape index (κ3) is 8.03. The van der Waals surface area contributed by atoms with Gasteiger partial charge in [-0.3, -0.25) is 13.9 Å². The fraction of sp³-hybridized carbons (Fsp3) is 0.375. The van der Waals surface area contributed by atoms with Crippen molar-refractivity contribution in [2.75, 3.05) is 18.0 Å². The SMILES string of the molecule is CC[C@@H](C(=O)NC1CCCCC1)N(Cc1ccc(OC)cc1)C(=O)CN(c1ccc(I)cc1)S(=O)(=O)c1ccccc1. The van der Waals surface area contributed by atoms with Gasteiger partial charge in [0.15, 0.2) is 0 Å². The van der Waals surface area contributed by atoms with E-state index >= 15 is 0 Å². The van der Waals surface area contributed by atoms with Gasteiger partial charge in [-0.15, -0.1) is 0 Å². The van der Waals surface area contributed by atoms with Crippen molar-refractivity contribution in [3.8, 4) is 5.75 Å². The van der Waals surface area contributed by atoms with Crippen molar-refractivity contribution in [2.45, 2.75) is 69.0 Å². The average Bonchev–Trinajstić information content (AvgIpc) is 3.01. The molecule has 0 aromatic heterocycles. The normalized spacial score (nSPS) is 14.5. The van der Waals surface area contributed by atoms with Crippen molar-refractivity contribution in [3.05, 3.63) is 88.0 Å². The Labute approximate surface area is 262 Å². The summed E-state index contributed by atoms with van der Waals surface area (Å²) in [5, 5.41) is 3.17. The molecule has 10 heteroatoms.